The third kappa shape index (κ3) is 1.96. The Labute approximate surface area is 132 Å². The first-order chi connectivity index (χ1) is 10.6. The Morgan fingerprint density at radius 1 is 1.32 bits per heavy atom. The molecule has 9 heteroatoms. The van der Waals surface area contributed by atoms with E-state index in [-0.39, 0.29) is 11.6 Å². The van der Waals surface area contributed by atoms with E-state index in [9.17, 15) is 4.39 Å². The summed E-state index contributed by atoms with van der Waals surface area (Å²) >= 11 is 3.31. The molecular weight excluding hydrogens is 355 g/mol. The highest BCUT2D eigenvalue weighted by Gasteiger charge is 2.49. The fourth-order valence-corrected chi connectivity index (χ4v) is 2.71. The van der Waals surface area contributed by atoms with Gasteiger partial charge in [-0.1, -0.05) is 0 Å². The van der Waals surface area contributed by atoms with E-state index in [1.54, 1.807) is 6.20 Å². The molecule has 0 atom stereocenters. The van der Waals surface area contributed by atoms with Crippen LogP contribution in [0.15, 0.2) is 17.1 Å². The van der Waals surface area contributed by atoms with Crippen LogP contribution in [0.1, 0.15) is 18.5 Å². The minimum absolute atomic E-state index is 0.257. The van der Waals surface area contributed by atoms with Crippen molar-refractivity contribution in [2.75, 3.05) is 7.11 Å². The number of aromatic amines is 1. The third-order valence-electron chi connectivity index (χ3n) is 3.60. The molecular formula is C13H10BrFN6O. The standard InChI is InChI=1S/C13H10BrFN6O/c1-22-12-7(9(17-5-18-12)13(15)2-3-13)11-16-4-6-8(19-11)10(14)21-20-6/h4-5H,2-3H2,1H3,(H,20,21). The number of nitrogens with zero attached hydrogens (tertiary/aromatic N) is 5. The van der Waals surface area contributed by atoms with E-state index in [1.165, 1.54) is 13.4 Å². The molecule has 0 saturated heterocycles. The Morgan fingerprint density at radius 3 is 2.86 bits per heavy atom. The Morgan fingerprint density at radius 2 is 2.14 bits per heavy atom. The van der Waals surface area contributed by atoms with Crippen LogP contribution in [0.4, 0.5) is 4.39 Å². The summed E-state index contributed by atoms with van der Waals surface area (Å²) in [5.74, 6) is 0.568. The van der Waals surface area contributed by atoms with Gasteiger partial charge in [-0.25, -0.2) is 24.3 Å². The summed E-state index contributed by atoms with van der Waals surface area (Å²) < 4.78 is 20.4. The van der Waals surface area contributed by atoms with Gasteiger partial charge in [0.2, 0.25) is 5.88 Å². The predicted molar refractivity (Wildman–Crippen MR) is 79.0 cm³/mol. The molecule has 3 heterocycles. The molecule has 0 bridgehead atoms. The summed E-state index contributed by atoms with van der Waals surface area (Å²) in [4.78, 5) is 16.9. The maximum atomic E-state index is 14.6. The number of fused-ring (bicyclic) bond motifs is 1. The van der Waals surface area contributed by atoms with Gasteiger partial charge in [-0.3, -0.25) is 5.10 Å². The van der Waals surface area contributed by atoms with Gasteiger partial charge in [0, 0.05) is 0 Å². The van der Waals surface area contributed by atoms with E-state index in [0.29, 0.717) is 39.9 Å². The zero-order chi connectivity index (χ0) is 15.3. The molecule has 112 valence electrons. The Hall–Kier alpha value is -2.16. The van der Waals surface area contributed by atoms with Gasteiger partial charge in [-0.05, 0) is 28.8 Å². The second-order valence-electron chi connectivity index (χ2n) is 5.04. The van der Waals surface area contributed by atoms with Crippen LogP contribution in [-0.4, -0.2) is 37.2 Å². The molecule has 1 N–H and O–H groups in total. The van der Waals surface area contributed by atoms with Crippen molar-refractivity contribution in [1.29, 1.82) is 0 Å². The number of aromatic nitrogens is 6. The van der Waals surface area contributed by atoms with Gasteiger partial charge in [0.15, 0.2) is 16.1 Å². The molecule has 1 aliphatic carbocycles. The van der Waals surface area contributed by atoms with Gasteiger partial charge in [0.25, 0.3) is 0 Å². The molecule has 0 aliphatic heterocycles. The van der Waals surface area contributed by atoms with E-state index >= 15 is 0 Å². The average Bonchev–Trinajstić information content (AvgIpc) is 3.20. The molecule has 1 fully saturated rings. The zero-order valence-corrected chi connectivity index (χ0v) is 13.1. The van der Waals surface area contributed by atoms with Crippen LogP contribution in [0.25, 0.3) is 22.4 Å². The van der Waals surface area contributed by atoms with Gasteiger partial charge < -0.3 is 4.74 Å². The van der Waals surface area contributed by atoms with Crippen LogP contribution in [0, 0.1) is 0 Å². The molecule has 1 aliphatic rings. The third-order valence-corrected chi connectivity index (χ3v) is 4.15. The highest BCUT2D eigenvalue weighted by atomic mass is 79.9. The predicted octanol–water partition coefficient (Wildman–Crippen LogP) is 2.54. The normalized spacial score (nSPS) is 16.0. The summed E-state index contributed by atoms with van der Waals surface area (Å²) in [7, 11) is 1.47. The van der Waals surface area contributed by atoms with Crippen LogP contribution in [0.3, 0.4) is 0 Å². The largest absolute Gasteiger partial charge is 0.480 e. The topological polar surface area (TPSA) is 89.5 Å². The monoisotopic (exact) mass is 364 g/mol. The molecule has 0 amide bonds. The van der Waals surface area contributed by atoms with Crippen molar-refractivity contribution < 1.29 is 9.13 Å². The lowest BCUT2D eigenvalue weighted by Gasteiger charge is -2.12. The second kappa shape index (κ2) is 4.67. The molecule has 4 rings (SSSR count). The average molecular weight is 365 g/mol. The van der Waals surface area contributed by atoms with Crippen molar-refractivity contribution >= 4 is 27.0 Å². The molecule has 22 heavy (non-hydrogen) atoms. The number of nitrogens with one attached hydrogen (secondary N) is 1. The van der Waals surface area contributed by atoms with Crippen LogP contribution in [0.5, 0.6) is 5.88 Å². The van der Waals surface area contributed by atoms with Gasteiger partial charge in [0.05, 0.1) is 19.0 Å². The first kappa shape index (κ1) is 13.5. The lowest BCUT2D eigenvalue weighted by Crippen LogP contribution is -2.08. The van der Waals surface area contributed by atoms with E-state index in [1.807, 2.05) is 0 Å². The number of hydrogen-bond donors (Lipinski definition) is 1. The summed E-state index contributed by atoms with van der Waals surface area (Å²) in [6.45, 7) is 0. The molecule has 0 spiro atoms. The van der Waals surface area contributed by atoms with E-state index in [0.717, 1.165) is 0 Å². The highest BCUT2D eigenvalue weighted by molar-refractivity contribution is 9.10. The SMILES string of the molecule is COc1ncnc(C2(F)CC2)c1-c1ncc2[nH]nc(Br)c2n1. The summed E-state index contributed by atoms with van der Waals surface area (Å²) in [6.07, 6.45) is 3.74. The first-order valence-electron chi connectivity index (χ1n) is 6.58. The molecule has 3 aromatic heterocycles. The van der Waals surface area contributed by atoms with E-state index in [2.05, 4.69) is 46.1 Å². The fourth-order valence-electron chi connectivity index (χ4n) is 2.32. The molecule has 1 saturated carbocycles. The fraction of sp³-hybridized carbons (Fsp3) is 0.308. The van der Waals surface area contributed by atoms with Crippen LogP contribution >= 0.6 is 15.9 Å². The molecule has 0 radical (unpaired) electrons. The maximum Gasteiger partial charge on any atom is 0.227 e. The van der Waals surface area contributed by atoms with Crippen LogP contribution in [0.2, 0.25) is 0 Å². The van der Waals surface area contributed by atoms with Gasteiger partial charge in [0.1, 0.15) is 22.9 Å². The van der Waals surface area contributed by atoms with Crippen LogP contribution < -0.4 is 4.74 Å². The number of methoxy groups -OCH3 is 1. The number of rotatable bonds is 3. The first-order valence-corrected chi connectivity index (χ1v) is 7.37. The number of alkyl halides is 1. The minimum atomic E-state index is -1.45. The van der Waals surface area contributed by atoms with Crippen molar-refractivity contribution in [2.24, 2.45) is 0 Å². The van der Waals surface area contributed by atoms with Crippen molar-refractivity contribution in [3.05, 3.63) is 22.8 Å². The highest BCUT2D eigenvalue weighted by Crippen LogP contribution is 2.52. The Bertz CT molecular complexity index is 878. The van der Waals surface area contributed by atoms with Gasteiger partial charge in [-0.2, -0.15) is 5.10 Å². The molecule has 7 nitrogen and oxygen atoms in total. The summed E-state index contributed by atoms with van der Waals surface area (Å²) in [5.41, 5.74) is 0.496. The lowest BCUT2D eigenvalue weighted by molar-refractivity contribution is 0.307. The summed E-state index contributed by atoms with van der Waals surface area (Å²) in [5, 5.41) is 6.80. The van der Waals surface area contributed by atoms with Crippen molar-refractivity contribution in [3.63, 3.8) is 0 Å². The van der Waals surface area contributed by atoms with Crippen molar-refractivity contribution in [3.8, 4) is 17.3 Å². The smallest absolute Gasteiger partial charge is 0.227 e. The van der Waals surface area contributed by atoms with Gasteiger partial charge >= 0.3 is 0 Å². The molecule has 3 aromatic rings. The number of ether oxygens (including phenoxy) is 1. The molecule has 0 unspecified atom stereocenters. The van der Waals surface area contributed by atoms with E-state index in [4.69, 9.17) is 4.74 Å². The van der Waals surface area contributed by atoms with Crippen molar-refractivity contribution in [2.45, 2.75) is 18.5 Å². The number of halogens is 2. The van der Waals surface area contributed by atoms with Crippen LogP contribution in [-0.2, 0) is 5.67 Å². The van der Waals surface area contributed by atoms with Crippen molar-refractivity contribution in [1.82, 2.24) is 30.1 Å². The number of hydrogen-bond acceptors (Lipinski definition) is 6. The zero-order valence-electron chi connectivity index (χ0n) is 11.5. The Kier molecular flexibility index (Phi) is 2.86. The molecule has 0 aromatic carbocycles. The minimum Gasteiger partial charge on any atom is -0.480 e. The van der Waals surface area contributed by atoms with Gasteiger partial charge in [-0.15, -0.1) is 0 Å². The Balaban J connectivity index is 1.98. The van der Waals surface area contributed by atoms with E-state index < -0.39 is 5.67 Å². The quantitative estimate of drug-likeness (QED) is 0.767. The lowest BCUT2D eigenvalue weighted by atomic mass is 10.1. The summed E-state index contributed by atoms with van der Waals surface area (Å²) in [6, 6.07) is 0. The maximum absolute atomic E-state index is 14.6. The second-order valence-corrected chi connectivity index (χ2v) is 5.79. The number of H-pyrrole nitrogens is 1.